The predicted molar refractivity (Wildman–Crippen MR) is 93.6 cm³/mol. The smallest absolute Gasteiger partial charge is 0.240 e. The van der Waals surface area contributed by atoms with E-state index < -0.39 is 15.8 Å². The minimum Gasteiger partial charge on any atom is -0.240 e. The second-order valence-electron chi connectivity index (χ2n) is 5.55. The monoisotopic (exact) mass is 371 g/mol. The molecule has 0 aliphatic heterocycles. The first-order chi connectivity index (χ1) is 12.3. The number of aromatic nitrogens is 2. The van der Waals surface area contributed by atoms with Crippen LogP contribution in [-0.4, -0.2) is 35.7 Å². The number of nitriles is 1. The maximum atomic E-state index is 13.4. The predicted octanol–water partition coefficient (Wildman–Crippen LogP) is 2.31. The van der Waals surface area contributed by atoms with Crippen molar-refractivity contribution in [1.82, 2.24) is 14.0 Å². The van der Waals surface area contributed by atoms with Gasteiger partial charge in [-0.05, 0) is 36.8 Å². The van der Waals surface area contributed by atoms with E-state index in [0.29, 0.717) is 22.2 Å². The van der Waals surface area contributed by atoms with E-state index in [9.17, 15) is 12.8 Å². The third-order valence-electron chi connectivity index (χ3n) is 3.82. The van der Waals surface area contributed by atoms with Crippen LogP contribution >= 0.6 is 0 Å². The van der Waals surface area contributed by atoms with Crippen LogP contribution < -0.4 is 0 Å². The number of hydrogen-bond acceptors (Lipinski definition) is 5. The Hall–Kier alpha value is -3.25. The van der Waals surface area contributed by atoms with Crippen LogP contribution in [0.25, 0.3) is 5.52 Å². The van der Waals surface area contributed by atoms with Crippen LogP contribution in [0.2, 0.25) is 0 Å². The Morgan fingerprint density at radius 1 is 1.35 bits per heavy atom. The fourth-order valence-electron chi connectivity index (χ4n) is 2.37. The van der Waals surface area contributed by atoms with Gasteiger partial charge >= 0.3 is 0 Å². The molecule has 0 saturated heterocycles. The van der Waals surface area contributed by atoms with Gasteiger partial charge in [0, 0.05) is 18.8 Å². The number of aryl methyl sites for hydroxylation is 1. The van der Waals surface area contributed by atoms with E-state index in [1.807, 2.05) is 6.07 Å². The van der Waals surface area contributed by atoms with E-state index in [1.165, 1.54) is 31.6 Å². The van der Waals surface area contributed by atoms with Crippen molar-refractivity contribution in [1.29, 1.82) is 5.26 Å². The molecule has 1 aromatic carbocycles. The molecule has 0 radical (unpaired) electrons. The van der Waals surface area contributed by atoms with Crippen LogP contribution in [0.5, 0.6) is 0 Å². The first kappa shape index (κ1) is 17.6. The highest BCUT2D eigenvalue weighted by Crippen LogP contribution is 2.20. The molecule has 0 bridgehead atoms. The van der Waals surface area contributed by atoms with E-state index >= 15 is 0 Å². The Kier molecular flexibility index (Phi) is 4.44. The molecule has 0 aliphatic rings. The Labute approximate surface area is 149 Å². The Morgan fingerprint density at radius 2 is 2.12 bits per heavy atom. The quantitative estimate of drug-likeness (QED) is 0.520. The molecule has 0 aliphatic carbocycles. The third kappa shape index (κ3) is 3.14. The van der Waals surface area contributed by atoms with Gasteiger partial charge in [0.25, 0.3) is 10.0 Å². The summed E-state index contributed by atoms with van der Waals surface area (Å²) in [6.45, 7) is 1.58. The topological polar surface area (TPSA) is 90.8 Å². The molecule has 7 nitrogen and oxygen atoms in total. The standard InChI is InChI=1S/C17H14FN5O2S/c1-12-3-4-15(18)8-17(12)26(24,25)22(2)20-10-14-11-21-23-6-5-13(9-19)7-16(14)23/h3-8,10-11H,1-2H3/b20-10-. The fraction of sp³-hybridized carbons (Fsp3) is 0.118. The molecule has 9 heteroatoms. The number of fused-ring (bicyclic) bond motifs is 1. The van der Waals surface area contributed by atoms with Crippen LogP contribution in [-0.2, 0) is 10.0 Å². The van der Waals surface area contributed by atoms with E-state index in [1.54, 1.807) is 29.8 Å². The maximum Gasteiger partial charge on any atom is 0.279 e. The van der Waals surface area contributed by atoms with Crippen LogP contribution in [0.3, 0.4) is 0 Å². The van der Waals surface area contributed by atoms with Gasteiger partial charge in [-0.15, -0.1) is 0 Å². The summed E-state index contributed by atoms with van der Waals surface area (Å²) in [6.07, 6.45) is 4.46. The fourth-order valence-corrected chi connectivity index (χ4v) is 3.56. The molecule has 0 atom stereocenters. The van der Waals surface area contributed by atoms with Crippen molar-refractivity contribution in [2.24, 2.45) is 5.10 Å². The van der Waals surface area contributed by atoms with Crippen molar-refractivity contribution in [2.45, 2.75) is 11.8 Å². The van der Waals surface area contributed by atoms with Crippen molar-refractivity contribution >= 4 is 21.8 Å². The molecule has 3 rings (SSSR count). The molecule has 0 amide bonds. The van der Waals surface area contributed by atoms with E-state index in [0.717, 1.165) is 10.5 Å². The molecule has 2 heterocycles. The first-order valence-corrected chi connectivity index (χ1v) is 8.93. The SMILES string of the molecule is Cc1ccc(F)cc1S(=O)(=O)N(C)/N=C\c1cnn2ccc(C#N)cc12. The number of hydrazone groups is 1. The summed E-state index contributed by atoms with van der Waals surface area (Å²) in [6, 6.07) is 8.83. The highest BCUT2D eigenvalue weighted by molar-refractivity contribution is 7.89. The Morgan fingerprint density at radius 3 is 2.85 bits per heavy atom. The molecular formula is C17H14FN5O2S. The minimum atomic E-state index is -4.00. The van der Waals surface area contributed by atoms with Gasteiger partial charge in [-0.2, -0.15) is 28.3 Å². The number of benzene rings is 1. The molecule has 2 aromatic heterocycles. The highest BCUT2D eigenvalue weighted by atomic mass is 32.2. The lowest BCUT2D eigenvalue weighted by Gasteiger charge is -2.15. The summed E-state index contributed by atoms with van der Waals surface area (Å²) < 4.78 is 41.0. The van der Waals surface area contributed by atoms with Gasteiger partial charge in [-0.1, -0.05) is 6.07 Å². The highest BCUT2D eigenvalue weighted by Gasteiger charge is 2.22. The summed E-state index contributed by atoms with van der Waals surface area (Å²) in [5, 5.41) is 17.1. The van der Waals surface area contributed by atoms with Gasteiger partial charge in [0.1, 0.15) is 5.82 Å². The van der Waals surface area contributed by atoms with Crippen molar-refractivity contribution in [3.8, 4) is 6.07 Å². The lowest BCUT2D eigenvalue weighted by Crippen LogP contribution is -2.22. The molecule has 26 heavy (non-hydrogen) atoms. The lowest BCUT2D eigenvalue weighted by atomic mass is 10.2. The molecular weight excluding hydrogens is 357 g/mol. The van der Waals surface area contributed by atoms with Gasteiger partial charge in [0.05, 0.1) is 34.5 Å². The summed E-state index contributed by atoms with van der Waals surface area (Å²) in [5.41, 5.74) is 2.02. The largest absolute Gasteiger partial charge is 0.279 e. The van der Waals surface area contributed by atoms with Crippen molar-refractivity contribution in [3.63, 3.8) is 0 Å². The number of rotatable bonds is 4. The molecule has 132 valence electrons. The van der Waals surface area contributed by atoms with E-state index in [2.05, 4.69) is 10.2 Å². The van der Waals surface area contributed by atoms with Crippen LogP contribution in [0.1, 0.15) is 16.7 Å². The molecule has 0 unspecified atom stereocenters. The van der Waals surface area contributed by atoms with Gasteiger partial charge in [-0.3, -0.25) is 0 Å². The normalized spacial score (nSPS) is 11.8. The summed E-state index contributed by atoms with van der Waals surface area (Å²) in [5.74, 6) is -0.641. The molecule has 0 N–H and O–H groups in total. The average Bonchev–Trinajstić information content (AvgIpc) is 3.03. The first-order valence-electron chi connectivity index (χ1n) is 7.49. The van der Waals surface area contributed by atoms with Crippen molar-refractivity contribution < 1.29 is 12.8 Å². The molecule has 3 aromatic rings. The van der Waals surface area contributed by atoms with Gasteiger partial charge < -0.3 is 0 Å². The number of halogens is 1. The Bertz CT molecular complexity index is 1160. The zero-order chi connectivity index (χ0) is 18.9. The maximum absolute atomic E-state index is 13.4. The molecule has 0 saturated carbocycles. The van der Waals surface area contributed by atoms with E-state index in [-0.39, 0.29) is 4.90 Å². The van der Waals surface area contributed by atoms with Crippen molar-refractivity contribution in [3.05, 3.63) is 65.2 Å². The van der Waals surface area contributed by atoms with Crippen LogP contribution in [0, 0.1) is 24.1 Å². The van der Waals surface area contributed by atoms with Crippen LogP contribution in [0.15, 0.2) is 52.7 Å². The number of pyridine rings is 1. The van der Waals surface area contributed by atoms with Crippen LogP contribution in [0.4, 0.5) is 4.39 Å². The minimum absolute atomic E-state index is 0.149. The van der Waals surface area contributed by atoms with Crippen molar-refractivity contribution in [2.75, 3.05) is 7.05 Å². The van der Waals surface area contributed by atoms with E-state index in [4.69, 9.17) is 5.26 Å². The Balaban J connectivity index is 1.96. The zero-order valence-electron chi connectivity index (χ0n) is 14.0. The number of nitrogens with zero attached hydrogens (tertiary/aromatic N) is 5. The summed E-state index contributed by atoms with van der Waals surface area (Å²) in [4.78, 5) is -0.149. The average molecular weight is 371 g/mol. The lowest BCUT2D eigenvalue weighted by molar-refractivity contribution is 0.489. The summed E-state index contributed by atoms with van der Waals surface area (Å²) in [7, 11) is -2.73. The number of sulfonamides is 1. The van der Waals surface area contributed by atoms with Gasteiger partial charge in [-0.25, -0.2) is 8.91 Å². The molecule has 0 fully saturated rings. The zero-order valence-corrected chi connectivity index (χ0v) is 14.8. The third-order valence-corrected chi connectivity index (χ3v) is 5.60. The van der Waals surface area contributed by atoms with Gasteiger partial charge in [0.2, 0.25) is 0 Å². The van der Waals surface area contributed by atoms with Gasteiger partial charge in [0.15, 0.2) is 0 Å². The summed E-state index contributed by atoms with van der Waals surface area (Å²) >= 11 is 0. The number of hydrogen-bond donors (Lipinski definition) is 0. The second kappa shape index (κ2) is 6.57. The second-order valence-corrected chi connectivity index (χ2v) is 7.47. The molecule has 0 spiro atoms.